The quantitative estimate of drug-likeness (QED) is 0.371. The Kier molecular flexibility index (Phi) is 6.79. The number of hydrogen-bond donors (Lipinski definition) is 2. The van der Waals surface area contributed by atoms with Crippen LogP contribution in [-0.4, -0.2) is 32.9 Å². The molecule has 10 heteroatoms. The van der Waals surface area contributed by atoms with Crippen molar-refractivity contribution in [2.45, 2.75) is 32.6 Å². The van der Waals surface area contributed by atoms with Crippen LogP contribution in [0.25, 0.3) is 28.0 Å². The number of aryl methyl sites for hydroxylation is 1. The molecule has 0 spiro atoms. The molecule has 180 valence electrons. The highest BCUT2D eigenvalue weighted by Crippen LogP contribution is 2.36. The van der Waals surface area contributed by atoms with Gasteiger partial charge in [-0.3, -0.25) is 14.8 Å². The van der Waals surface area contributed by atoms with E-state index in [1.165, 1.54) is 4.57 Å². The van der Waals surface area contributed by atoms with Crippen molar-refractivity contribution >= 4 is 34.6 Å². The Bertz CT molecular complexity index is 1560. The topological polar surface area (TPSA) is 110 Å². The third-order valence-electron chi connectivity index (χ3n) is 5.69. The third-order valence-corrected chi connectivity index (χ3v) is 6.01. The van der Waals surface area contributed by atoms with Crippen molar-refractivity contribution in [1.82, 2.24) is 19.5 Å². The summed E-state index contributed by atoms with van der Waals surface area (Å²) in [4.78, 5) is 48.2. The van der Waals surface area contributed by atoms with Crippen molar-refractivity contribution < 1.29 is 9.18 Å². The van der Waals surface area contributed by atoms with E-state index >= 15 is 4.39 Å². The average Bonchev–Trinajstić information content (AvgIpc) is 2.83. The molecule has 35 heavy (non-hydrogen) atoms. The number of nitrogens with one attached hydrogen (secondary N) is 2. The van der Waals surface area contributed by atoms with Gasteiger partial charge in [0.15, 0.2) is 11.5 Å². The normalized spacial score (nSPS) is 11.3. The van der Waals surface area contributed by atoms with Gasteiger partial charge in [0.25, 0.3) is 5.56 Å². The van der Waals surface area contributed by atoms with Gasteiger partial charge in [-0.2, -0.15) is 0 Å². The fourth-order valence-electron chi connectivity index (χ4n) is 4.10. The van der Waals surface area contributed by atoms with E-state index in [4.69, 9.17) is 11.6 Å². The fraction of sp³-hybridized carbons (Fsp3) is 0.240. The Balaban J connectivity index is 2.17. The molecular weight excluding hydrogens is 473 g/mol. The van der Waals surface area contributed by atoms with E-state index in [0.717, 1.165) is 12.4 Å². The third kappa shape index (κ3) is 4.35. The van der Waals surface area contributed by atoms with Crippen LogP contribution in [0.4, 0.5) is 10.1 Å². The number of rotatable bonds is 7. The highest BCUT2D eigenvalue weighted by atomic mass is 35.5. The Labute approximate surface area is 204 Å². The molecule has 4 aromatic rings. The summed E-state index contributed by atoms with van der Waals surface area (Å²) < 4.78 is 16.6. The van der Waals surface area contributed by atoms with Crippen LogP contribution >= 0.6 is 11.6 Å². The second-order valence-electron chi connectivity index (χ2n) is 8.26. The van der Waals surface area contributed by atoms with Crippen molar-refractivity contribution in [3.63, 3.8) is 0 Å². The summed E-state index contributed by atoms with van der Waals surface area (Å²) in [5.41, 5.74) is 0.811. The van der Waals surface area contributed by atoms with Crippen LogP contribution in [0.2, 0.25) is 5.02 Å². The van der Waals surface area contributed by atoms with E-state index in [1.54, 1.807) is 37.5 Å². The van der Waals surface area contributed by atoms with E-state index < -0.39 is 17.1 Å². The van der Waals surface area contributed by atoms with Crippen molar-refractivity contribution in [3.05, 3.63) is 79.5 Å². The summed E-state index contributed by atoms with van der Waals surface area (Å²) >= 11 is 6.41. The predicted molar refractivity (Wildman–Crippen MR) is 134 cm³/mol. The molecule has 1 aromatic carbocycles. The number of carbonyl (C=O) groups is 1. The molecule has 4 rings (SSSR count). The van der Waals surface area contributed by atoms with Crippen LogP contribution in [0.5, 0.6) is 0 Å². The summed E-state index contributed by atoms with van der Waals surface area (Å²) in [6, 6.07) is 7.79. The molecule has 3 heterocycles. The zero-order valence-corrected chi connectivity index (χ0v) is 20.1. The summed E-state index contributed by atoms with van der Waals surface area (Å²) in [6.07, 6.45) is 2.97. The maximum absolute atomic E-state index is 15.3. The second kappa shape index (κ2) is 9.79. The lowest BCUT2D eigenvalue weighted by molar-refractivity contribution is -0.107. The Morgan fingerprint density at radius 3 is 2.71 bits per heavy atom. The van der Waals surface area contributed by atoms with E-state index in [9.17, 15) is 14.4 Å². The lowest BCUT2D eigenvalue weighted by Crippen LogP contribution is -2.31. The van der Waals surface area contributed by atoms with Gasteiger partial charge in [-0.1, -0.05) is 31.5 Å². The average molecular weight is 496 g/mol. The molecule has 0 amide bonds. The zero-order chi connectivity index (χ0) is 25.3. The molecule has 0 bridgehead atoms. The van der Waals surface area contributed by atoms with Gasteiger partial charge in [0.1, 0.15) is 12.0 Å². The zero-order valence-electron chi connectivity index (χ0n) is 19.4. The minimum Gasteiger partial charge on any atom is -0.388 e. The Hall–Kier alpha value is -3.85. The molecule has 0 saturated carbocycles. The molecule has 0 aliphatic carbocycles. The predicted octanol–water partition coefficient (Wildman–Crippen LogP) is 4.23. The summed E-state index contributed by atoms with van der Waals surface area (Å²) in [5, 5.41) is 3.10. The maximum atomic E-state index is 15.3. The molecule has 0 unspecified atom stereocenters. The van der Waals surface area contributed by atoms with Crippen LogP contribution in [0.3, 0.4) is 0 Å². The molecule has 0 fully saturated rings. The van der Waals surface area contributed by atoms with Gasteiger partial charge in [-0.25, -0.2) is 18.7 Å². The number of benzene rings is 1. The lowest BCUT2D eigenvalue weighted by atomic mass is 10.0. The first-order valence-corrected chi connectivity index (χ1v) is 11.4. The smallest absolute Gasteiger partial charge is 0.334 e. The van der Waals surface area contributed by atoms with Gasteiger partial charge in [0.2, 0.25) is 0 Å². The minimum atomic E-state index is -0.769. The number of pyridine rings is 2. The Morgan fingerprint density at radius 2 is 2.03 bits per heavy atom. The first-order chi connectivity index (χ1) is 16.8. The standard InChI is InChI=1S/C25H23ClFN5O3/c1-13(2)20-22(14(6-5-11-33)9-10-29-20)32-23-15(24(34)31-25(32)35)12-17(27)21(30-23)19-16(26)7-4-8-18(19)28-3/h4,7-13,28H,5-6H2,1-3H3,(H,31,34,35). The number of anilines is 1. The maximum Gasteiger partial charge on any atom is 0.334 e. The molecule has 0 atom stereocenters. The number of aromatic amines is 1. The van der Waals surface area contributed by atoms with Crippen molar-refractivity contribution in [2.24, 2.45) is 0 Å². The molecular formula is C25H23ClFN5O3. The molecule has 2 N–H and O–H groups in total. The minimum absolute atomic E-state index is 0.0422. The van der Waals surface area contributed by atoms with Crippen molar-refractivity contribution in [2.75, 3.05) is 12.4 Å². The summed E-state index contributed by atoms with van der Waals surface area (Å²) in [7, 11) is 1.67. The van der Waals surface area contributed by atoms with Gasteiger partial charge >= 0.3 is 5.69 Å². The van der Waals surface area contributed by atoms with Crippen LogP contribution in [-0.2, 0) is 11.2 Å². The number of fused-ring (bicyclic) bond motifs is 1. The van der Waals surface area contributed by atoms with Crippen LogP contribution in [0.1, 0.15) is 37.4 Å². The van der Waals surface area contributed by atoms with E-state index in [1.807, 2.05) is 13.8 Å². The molecule has 0 aliphatic rings. The monoisotopic (exact) mass is 495 g/mol. The number of aromatic nitrogens is 4. The number of aldehydes is 1. The number of hydrogen-bond acceptors (Lipinski definition) is 6. The van der Waals surface area contributed by atoms with Gasteiger partial charge in [0, 0.05) is 30.9 Å². The van der Waals surface area contributed by atoms with E-state index in [2.05, 4.69) is 20.3 Å². The van der Waals surface area contributed by atoms with Crippen LogP contribution < -0.4 is 16.6 Å². The molecule has 0 radical (unpaired) electrons. The summed E-state index contributed by atoms with van der Waals surface area (Å²) in [6.45, 7) is 3.82. The number of halogens is 2. The molecule has 0 aliphatic heterocycles. The molecule has 0 saturated heterocycles. The van der Waals surface area contributed by atoms with E-state index in [0.29, 0.717) is 34.6 Å². The van der Waals surface area contributed by atoms with Gasteiger partial charge in [-0.15, -0.1) is 0 Å². The molecule has 3 aromatic heterocycles. The molecule has 8 nitrogen and oxygen atoms in total. The number of nitrogens with zero attached hydrogens (tertiary/aromatic N) is 3. The first kappa shape index (κ1) is 24.3. The Morgan fingerprint density at radius 1 is 1.26 bits per heavy atom. The van der Waals surface area contributed by atoms with Crippen LogP contribution in [0, 0.1) is 5.82 Å². The SMILES string of the molecule is CNc1cccc(Cl)c1-c1nc2c(cc1F)c(=O)[nH]c(=O)n2-c1c(CCC=O)ccnc1C(C)C. The number of carbonyl (C=O) groups excluding carboxylic acids is 1. The van der Waals surface area contributed by atoms with Crippen molar-refractivity contribution in [1.29, 1.82) is 0 Å². The largest absolute Gasteiger partial charge is 0.388 e. The summed E-state index contributed by atoms with van der Waals surface area (Å²) in [5.74, 6) is -0.872. The van der Waals surface area contributed by atoms with Gasteiger partial charge < -0.3 is 10.1 Å². The first-order valence-electron chi connectivity index (χ1n) is 11.0. The lowest BCUT2D eigenvalue weighted by Gasteiger charge is -2.19. The van der Waals surface area contributed by atoms with Gasteiger partial charge in [-0.05, 0) is 42.2 Å². The fourth-order valence-corrected chi connectivity index (χ4v) is 4.36. The van der Waals surface area contributed by atoms with Crippen molar-refractivity contribution in [3.8, 4) is 16.9 Å². The van der Waals surface area contributed by atoms with Crippen LogP contribution in [0.15, 0.2) is 46.1 Å². The van der Waals surface area contributed by atoms with E-state index in [-0.39, 0.29) is 34.1 Å². The second-order valence-corrected chi connectivity index (χ2v) is 8.67. The highest BCUT2D eigenvalue weighted by Gasteiger charge is 2.23. The number of H-pyrrole nitrogens is 1. The van der Waals surface area contributed by atoms with Gasteiger partial charge in [0.05, 0.1) is 21.8 Å². The highest BCUT2D eigenvalue weighted by molar-refractivity contribution is 6.34.